The van der Waals surface area contributed by atoms with Gasteiger partial charge < -0.3 is 4.90 Å². The molecule has 1 aromatic carbocycles. The molecule has 1 aliphatic heterocycles. The summed E-state index contributed by atoms with van der Waals surface area (Å²) in [5.41, 5.74) is 0.285. The fraction of sp³-hybridized carbons (Fsp3) is 0.333. The summed E-state index contributed by atoms with van der Waals surface area (Å²) in [5.74, 6) is -0.313. The van der Waals surface area contributed by atoms with Gasteiger partial charge >= 0.3 is 6.03 Å². The van der Waals surface area contributed by atoms with Crippen molar-refractivity contribution in [2.24, 2.45) is 0 Å². The van der Waals surface area contributed by atoms with Crippen molar-refractivity contribution in [3.05, 3.63) is 34.4 Å². The molecule has 100 valence electrons. The van der Waals surface area contributed by atoms with Crippen molar-refractivity contribution in [1.29, 1.82) is 0 Å². The zero-order valence-corrected chi connectivity index (χ0v) is 10.4. The van der Waals surface area contributed by atoms with Gasteiger partial charge in [0.1, 0.15) is 6.54 Å². The highest BCUT2D eigenvalue weighted by Gasteiger charge is 2.36. The quantitative estimate of drug-likeness (QED) is 0.471. The molecule has 7 heteroatoms. The minimum Gasteiger partial charge on any atom is -0.315 e. The van der Waals surface area contributed by atoms with Crippen LogP contribution in [-0.2, 0) is 4.79 Å². The lowest BCUT2D eigenvalue weighted by atomic mass is 10.2. The van der Waals surface area contributed by atoms with Crippen molar-refractivity contribution in [3.8, 4) is 0 Å². The summed E-state index contributed by atoms with van der Waals surface area (Å²) < 4.78 is 0. The van der Waals surface area contributed by atoms with Crippen LogP contribution in [0.4, 0.5) is 16.2 Å². The molecule has 0 unspecified atom stereocenters. The standard InChI is InChI=1S/C12H13N3O4/c1-2-7-13-8-11(16)14(12(13)17)9-3-5-10(6-4-9)15(18)19/h3-6H,2,7-8H2,1H3. The summed E-state index contributed by atoms with van der Waals surface area (Å²) in [5, 5.41) is 10.5. The molecular formula is C12H13N3O4. The van der Waals surface area contributed by atoms with Gasteiger partial charge in [0, 0.05) is 18.7 Å². The molecule has 1 heterocycles. The minimum atomic E-state index is -0.527. The summed E-state index contributed by atoms with van der Waals surface area (Å²) in [7, 11) is 0. The Hall–Kier alpha value is -2.44. The number of rotatable bonds is 4. The Morgan fingerprint density at radius 1 is 1.26 bits per heavy atom. The van der Waals surface area contributed by atoms with Gasteiger partial charge in [-0.1, -0.05) is 6.92 Å². The number of urea groups is 1. The molecular weight excluding hydrogens is 250 g/mol. The zero-order chi connectivity index (χ0) is 14.0. The van der Waals surface area contributed by atoms with E-state index < -0.39 is 4.92 Å². The number of amides is 3. The van der Waals surface area contributed by atoms with Crippen LogP contribution in [0.1, 0.15) is 13.3 Å². The Morgan fingerprint density at radius 3 is 2.42 bits per heavy atom. The lowest BCUT2D eigenvalue weighted by molar-refractivity contribution is -0.384. The molecule has 1 aromatic rings. The van der Waals surface area contributed by atoms with Crippen molar-refractivity contribution in [3.63, 3.8) is 0 Å². The second-order valence-electron chi connectivity index (χ2n) is 4.21. The Kier molecular flexibility index (Phi) is 3.46. The minimum absolute atomic E-state index is 0.0592. The molecule has 2 rings (SSSR count). The van der Waals surface area contributed by atoms with Crippen LogP contribution < -0.4 is 4.90 Å². The van der Waals surface area contributed by atoms with E-state index in [1.165, 1.54) is 29.2 Å². The van der Waals surface area contributed by atoms with Crippen LogP contribution >= 0.6 is 0 Å². The molecule has 0 aromatic heterocycles. The molecule has 0 aliphatic carbocycles. The number of imide groups is 1. The van der Waals surface area contributed by atoms with Crippen LogP contribution in [-0.4, -0.2) is 34.9 Å². The topological polar surface area (TPSA) is 83.8 Å². The van der Waals surface area contributed by atoms with E-state index >= 15 is 0 Å². The van der Waals surface area contributed by atoms with E-state index in [2.05, 4.69) is 0 Å². The van der Waals surface area contributed by atoms with Gasteiger partial charge in [0.25, 0.3) is 11.6 Å². The van der Waals surface area contributed by atoms with Gasteiger partial charge in [0.2, 0.25) is 0 Å². The van der Waals surface area contributed by atoms with Gasteiger partial charge in [-0.3, -0.25) is 14.9 Å². The Bertz CT molecular complexity index is 526. The Balaban J connectivity index is 2.24. The van der Waals surface area contributed by atoms with Gasteiger partial charge in [-0.2, -0.15) is 0 Å². The monoisotopic (exact) mass is 263 g/mol. The van der Waals surface area contributed by atoms with Crippen LogP contribution in [0.15, 0.2) is 24.3 Å². The van der Waals surface area contributed by atoms with E-state index in [1.54, 1.807) is 0 Å². The third kappa shape index (κ3) is 2.40. The number of carbonyl (C=O) groups is 2. The number of anilines is 1. The molecule has 7 nitrogen and oxygen atoms in total. The number of nitrogens with zero attached hydrogens (tertiary/aromatic N) is 3. The molecule has 1 fully saturated rings. The number of nitro groups is 1. The maximum absolute atomic E-state index is 12.0. The highest BCUT2D eigenvalue weighted by molar-refractivity contribution is 6.19. The number of carbonyl (C=O) groups excluding carboxylic acids is 2. The number of hydrogen-bond donors (Lipinski definition) is 0. The second-order valence-corrected chi connectivity index (χ2v) is 4.21. The van der Waals surface area contributed by atoms with Gasteiger partial charge in [-0.25, -0.2) is 9.69 Å². The van der Waals surface area contributed by atoms with Gasteiger partial charge in [-0.05, 0) is 18.6 Å². The number of nitro benzene ring substituents is 1. The van der Waals surface area contributed by atoms with Crippen LogP contribution in [0.2, 0.25) is 0 Å². The van der Waals surface area contributed by atoms with Crippen LogP contribution in [0.25, 0.3) is 0 Å². The van der Waals surface area contributed by atoms with Crippen molar-refractivity contribution in [2.75, 3.05) is 18.0 Å². The number of benzene rings is 1. The largest absolute Gasteiger partial charge is 0.331 e. The van der Waals surface area contributed by atoms with Crippen molar-refractivity contribution in [1.82, 2.24) is 4.90 Å². The zero-order valence-electron chi connectivity index (χ0n) is 10.4. The Morgan fingerprint density at radius 2 is 1.89 bits per heavy atom. The summed E-state index contributed by atoms with van der Waals surface area (Å²) in [6.07, 6.45) is 0.771. The molecule has 0 spiro atoms. The first-order chi connectivity index (χ1) is 9.04. The van der Waals surface area contributed by atoms with E-state index in [0.717, 1.165) is 11.3 Å². The molecule has 1 aliphatic rings. The molecule has 0 bridgehead atoms. The molecule has 0 saturated carbocycles. The SMILES string of the molecule is CCCN1CC(=O)N(c2ccc([N+](=O)[O-])cc2)C1=O. The molecule has 0 radical (unpaired) electrons. The summed E-state index contributed by atoms with van der Waals surface area (Å²) in [6, 6.07) is 4.99. The van der Waals surface area contributed by atoms with Crippen molar-refractivity contribution in [2.45, 2.75) is 13.3 Å². The first-order valence-electron chi connectivity index (χ1n) is 5.91. The fourth-order valence-corrected chi connectivity index (χ4v) is 1.97. The van der Waals surface area contributed by atoms with E-state index in [1.807, 2.05) is 6.92 Å². The second kappa shape index (κ2) is 5.05. The normalized spacial score (nSPS) is 15.2. The third-order valence-electron chi connectivity index (χ3n) is 2.85. The maximum atomic E-state index is 12.0. The Labute approximate surface area is 109 Å². The van der Waals surface area contributed by atoms with Crippen molar-refractivity contribution < 1.29 is 14.5 Å². The van der Waals surface area contributed by atoms with Gasteiger partial charge in [-0.15, -0.1) is 0 Å². The summed E-state index contributed by atoms with van der Waals surface area (Å²) in [6.45, 7) is 2.50. The number of non-ortho nitro benzene ring substituents is 1. The van der Waals surface area contributed by atoms with Crippen LogP contribution in [0.5, 0.6) is 0 Å². The van der Waals surface area contributed by atoms with Crippen LogP contribution in [0.3, 0.4) is 0 Å². The van der Waals surface area contributed by atoms with Gasteiger partial charge in [0.15, 0.2) is 0 Å². The van der Waals surface area contributed by atoms with Gasteiger partial charge in [0.05, 0.1) is 10.6 Å². The smallest absolute Gasteiger partial charge is 0.315 e. The third-order valence-corrected chi connectivity index (χ3v) is 2.85. The summed E-state index contributed by atoms with van der Waals surface area (Å²) >= 11 is 0. The predicted molar refractivity (Wildman–Crippen MR) is 67.8 cm³/mol. The highest BCUT2D eigenvalue weighted by Crippen LogP contribution is 2.23. The molecule has 1 saturated heterocycles. The lowest BCUT2D eigenvalue weighted by Crippen LogP contribution is -2.33. The van der Waals surface area contributed by atoms with E-state index in [9.17, 15) is 19.7 Å². The first-order valence-corrected chi connectivity index (χ1v) is 5.91. The number of hydrogen-bond acceptors (Lipinski definition) is 4. The van der Waals surface area contributed by atoms with Crippen molar-refractivity contribution >= 4 is 23.3 Å². The van der Waals surface area contributed by atoms with E-state index in [-0.39, 0.29) is 24.2 Å². The molecule has 0 N–H and O–H groups in total. The molecule has 3 amide bonds. The fourth-order valence-electron chi connectivity index (χ4n) is 1.97. The predicted octanol–water partition coefficient (Wildman–Crippen LogP) is 1.77. The van der Waals surface area contributed by atoms with E-state index in [0.29, 0.717) is 12.2 Å². The first kappa shape index (κ1) is 13.0. The summed E-state index contributed by atoms with van der Waals surface area (Å²) in [4.78, 5) is 36.4. The highest BCUT2D eigenvalue weighted by atomic mass is 16.6. The lowest BCUT2D eigenvalue weighted by Gasteiger charge is -2.16. The van der Waals surface area contributed by atoms with E-state index in [4.69, 9.17) is 0 Å². The molecule has 0 atom stereocenters. The molecule has 19 heavy (non-hydrogen) atoms. The maximum Gasteiger partial charge on any atom is 0.331 e. The average Bonchev–Trinajstić information content (AvgIpc) is 2.65. The average molecular weight is 263 g/mol. The van der Waals surface area contributed by atoms with Crippen LogP contribution in [0, 0.1) is 10.1 Å².